The van der Waals surface area contributed by atoms with E-state index in [1.54, 1.807) is 17.0 Å². The topological polar surface area (TPSA) is 86.0 Å². The Balaban J connectivity index is 1.51. The summed E-state index contributed by atoms with van der Waals surface area (Å²) in [6.45, 7) is 6.02. The second-order valence-electron chi connectivity index (χ2n) is 7.56. The maximum absolute atomic E-state index is 12.8. The van der Waals surface area contributed by atoms with E-state index in [2.05, 4.69) is 24.8 Å². The number of morpholine rings is 1. The molecule has 0 saturated carbocycles. The Morgan fingerprint density at radius 1 is 1.21 bits per heavy atom. The third kappa shape index (κ3) is 2.93. The molecular weight excluding hydrogens is 356 g/mol. The molecule has 0 unspecified atom stereocenters. The number of hydrogen-bond donors (Lipinski definition) is 0. The minimum Gasteiger partial charge on any atom is -0.367 e. The molecule has 0 amide bonds. The standard InChI is InChI=1S/C20H22N6O2/c1-12-8-14(5-6-21-12)16-11-25(10-13(2)28-16)20-22-9-15-18(24-20)19(27)26-7-3-4-17(26)23-15/h5-6,8-9,13,16H,3-4,7,10-11H2,1-2H3/t13-,16-/m0/s1. The van der Waals surface area contributed by atoms with Gasteiger partial charge in [0.1, 0.15) is 17.4 Å². The molecule has 0 aromatic carbocycles. The monoisotopic (exact) mass is 378 g/mol. The van der Waals surface area contributed by atoms with Crippen molar-refractivity contribution in [2.75, 3.05) is 18.0 Å². The van der Waals surface area contributed by atoms with Crippen molar-refractivity contribution in [1.29, 1.82) is 0 Å². The van der Waals surface area contributed by atoms with Gasteiger partial charge in [0.15, 0.2) is 5.52 Å². The first-order chi connectivity index (χ1) is 13.6. The molecule has 2 atom stereocenters. The highest BCUT2D eigenvalue weighted by Gasteiger charge is 2.29. The summed E-state index contributed by atoms with van der Waals surface area (Å²) in [6, 6.07) is 4.02. The number of rotatable bonds is 2. The minimum absolute atomic E-state index is 0.0192. The lowest BCUT2D eigenvalue weighted by atomic mass is 10.1. The summed E-state index contributed by atoms with van der Waals surface area (Å²) in [5, 5.41) is 0. The van der Waals surface area contributed by atoms with Gasteiger partial charge in [0.2, 0.25) is 5.95 Å². The van der Waals surface area contributed by atoms with Gasteiger partial charge in [-0.15, -0.1) is 0 Å². The van der Waals surface area contributed by atoms with Crippen LogP contribution in [0.3, 0.4) is 0 Å². The summed E-state index contributed by atoms with van der Waals surface area (Å²) in [5.74, 6) is 1.39. The second-order valence-corrected chi connectivity index (χ2v) is 7.56. The van der Waals surface area contributed by atoms with E-state index in [4.69, 9.17) is 4.74 Å². The Kier molecular flexibility index (Phi) is 4.08. The number of fused-ring (bicyclic) bond motifs is 2. The predicted molar refractivity (Wildman–Crippen MR) is 104 cm³/mol. The van der Waals surface area contributed by atoms with Crippen LogP contribution in [0.2, 0.25) is 0 Å². The molecule has 3 aromatic rings. The van der Waals surface area contributed by atoms with Crippen LogP contribution in [0.15, 0.2) is 29.3 Å². The average Bonchev–Trinajstić information content (AvgIpc) is 3.16. The van der Waals surface area contributed by atoms with Crippen molar-refractivity contribution in [2.45, 2.75) is 45.4 Å². The summed E-state index contributed by atoms with van der Waals surface area (Å²) in [5.41, 5.74) is 2.95. The van der Waals surface area contributed by atoms with Gasteiger partial charge >= 0.3 is 0 Å². The maximum Gasteiger partial charge on any atom is 0.280 e. The predicted octanol–water partition coefficient (Wildman–Crippen LogP) is 1.80. The average molecular weight is 378 g/mol. The van der Waals surface area contributed by atoms with Gasteiger partial charge in [0, 0.05) is 31.4 Å². The molecule has 0 bridgehead atoms. The van der Waals surface area contributed by atoms with E-state index < -0.39 is 0 Å². The quantitative estimate of drug-likeness (QED) is 0.672. The number of pyridine rings is 1. The van der Waals surface area contributed by atoms with Crippen LogP contribution in [0.5, 0.6) is 0 Å². The molecule has 8 nitrogen and oxygen atoms in total. The van der Waals surface area contributed by atoms with Crippen LogP contribution in [-0.4, -0.2) is 43.7 Å². The summed E-state index contributed by atoms with van der Waals surface area (Å²) in [7, 11) is 0. The molecule has 3 aromatic heterocycles. The third-order valence-electron chi connectivity index (χ3n) is 5.38. The van der Waals surface area contributed by atoms with Crippen molar-refractivity contribution in [3.05, 3.63) is 52.0 Å². The molecule has 28 heavy (non-hydrogen) atoms. The van der Waals surface area contributed by atoms with E-state index in [1.807, 2.05) is 26.0 Å². The maximum atomic E-state index is 12.8. The number of aryl methyl sites for hydroxylation is 2. The molecule has 0 spiro atoms. The summed E-state index contributed by atoms with van der Waals surface area (Å²) in [4.78, 5) is 32.9. The van der Waals surface area contributed by atoms with Crippen LogP contribution in [-0.2, 0) is 17.7 Å². The molecule has 0 N–H and O–H groups in total. The zero-order valence-electron chi connectivity index (χ0n) is 16.0. The van der Waals surface area contributed by atoms with Crippen LogP contribution in [0.1, 0.15) is 36.5 Å². The normalized spacial score (nSPS) is 21.9. The Bertz CT molecular complexity index is 1110. The van der Waals surface area contributed by atoms with Gasteiger partial charge in [-0.05, 0) is 38.0 Å². The van der Waals surface area contributed by atoms with Crippen molar-refractivity contribution < 1.29 is 4.74 Å². The number of aromatic nitrogens is 5. The van der Waals surface area contributed by atoms with Gasteiger partial charge in [-0.25, -0.2) is 15.0 Å². The smallest absolute Gasteiger partial charge is 0.280 e. The van der Waals surface area contributed by atoms with Crippen LogP contribution in [0.25, 0.3) is 11.0 Å². The van der Waals surface area contributed by atoms with Gasteiger partial charge < -0.3 is 9.64 Å². The highest BCUT2D eigenvalue weighted by Crippen LogP contribution is 2.27. The Labute approximate surface area is 162 Å². The largest absolute Gasteiger partial charge is 0.367 e. The van der Waals surface area contributed by atoms with Crippen molar-refractivity contribution in [2.24, 2.45) is 0 Å². The fraction of sp³-hybridized carbons (Fsp3) is 0.450. The molecule has 1 saturated heterocycles. The fourth-order valence-corrected chi connectivity index (χ4v) is 4.09. The molecule has 2 aliphatic rings. The highest BCUT2D eigenvalue weighted by molar-refractivity contribution is 5.73. The van der Waals surface area contributed by atoms with Gasteiger partial charge in [-0.2, -0.15) is 0 Å². The molecule has 8 heteroatoms. The molecule has 144 valence electrons. The SMILES string of the molecule is Cc1cc([C@@H]2CN(c3ncc4nc5n(c(=O)c4n3)CCC5)C[C@H](C)O2)ccn1. The van der Waals surface area contributed by atoms with Gasteiger partial charge in [-0.3, -0.25) is 14.3 Å². The molecular formula is C20H22N6O2. The van der Waals surface area contributed by atoms with E-state index in [0.29, 0.717) is 36.6 Å². The first kappa shape index (κ1) is 17.2. The molecule has 0 radical (unpaired) electrons. The highest BCUT2D eigenvalue weighted by atomic mass is 16.5. The zero-order valence-corrected chi connectivity index (χ0v) is 16.0. The van der Waals surface area contributed by atoms with Crippen LogP contribution < -0.4 is 10.5 Å². The molecule has 2 aliphatic heterocycles. The summed E-state index contributed by atoms with van der Waals surface area (Å²) < 4.78 is 7.89. The number of hydrogen-bond acceptors (Lipinski definition) is 7. The van der Waals surface area contributed by atoms with Gasteiger partial charge in [0.25, 0.3) is 5.56 Å². The van der Waals surface area contributed by atoms with E-state index in [0.717, 1.165) is 29.9 Å². The lowest BCUT2D eigenvalue weighted by Crippen LogP contribution is -2.43. The van der Waals surface area contributed by atoms with Crippen molar-refractivity contribution in [3.63, 3.8) is 0 Å². The fourth-order valence-electron chi connectivity index (χ4n) is 4.09. The first-order valence-corrected chi connectivity index (χ1v) is 9.68. The van der Waals surface area contributed by atoms with E-state index in [-0.39, 0.29) is 17.8 Å². The molecule has 5 rings (SSSR count). The number of ether oxygens (including phenoxy) is 1. The zero-order chi connectivity index (χ0) is 19.3. The van der Waals surface area contributed by atoms with Crippen LogP contribution in [0.4, 0.5) is 5.95 Å². The lowest BCUT2D eigenvalue weighted by Gasteiger charge is -2.37. The Hall–Kier alpha value is -2.87. The summed E-state index contributed by atoms with van der Waals surface area (Å²) in [6.07, 6.45) is 5.18. The lowest BCUT2D eigenvalue weighted by molar-refractivity contribution is -0.0179. The van der Waals surface area contributed by atoms with Crippen molar-refractivity contribution in [3.8, 4) is 0 Å². The second kappa shape index (κ2) is 6.63. The number of nitrogens with zero attached hydrogens (tertiary/aromatic N) is 6. The molecule has 5 heterocycles. The van der Waals surface area contributed by atoms with Crippen molar-refractivity contribution in [1.82, 2.24) is 24.5 Å². The Morgan fingerprint density at radius 2 is 2.11 bits per heavy atom. The molecule has 1 fully saturated rings. The van der Waals surface area contributed by atoms with E-state index >= 15 is 0 Å². The van der Waals surface area contributed by atoms with Gasteiger partial charge in [-0.1, -0.05) is 0 Å². The first-order valence-electron chi connectivity index (χ1n) is 9.68. The summed E-state index contributed by atoms with van der Waals surface area (Å²) >= 11 is 0. The van der Waals surface area contributed by atoms with Crippen LogP contribution in [0, 0.1) is 6.92 Å². The van der Waals surface area contributed by atoms with Gasteiger partial charge in [0.05, 0.1) is 18.8 Å². The van der Waals surface area contributed by atoms with Crippen molar-refractivity contribution >= 4 is 17.0 Å². The molecule has 0 aliphatic carbocycles. The third-order valence-corrected chi connectivity index (χ3v) is 5.38. The number of anilines is 1. The Morgan fingerprint density at radius 3 is 2.96 bits per heavy atom. The van der Waals surface area contributed by atoms with E-state index in [9.17, 15) is 4.79 Å². The van der Waals surface area contributed by atoms with E-state index in [1.165, 1.54) is 0 Å². The van der Waals surface area contributed by atoms with Crippen LogP contribution >= 0.6 is 0 Å². The minimum atomic E-state index is -0.0935.